The Morgan fingerprint density at radius 1 is 1.42 bits per heavy atom. The van der Waals surface area contributed by atoms with Gasteiger partial charge in [0.15, 0.2) is 0 Å². The number of nitrogen functional groups attached to an aromatic ring is 1. The van der Waals surface area contributed by atoms with Gasteiger partial charge in [0.25, 0.3) is 0 Å². The zero-order valence-corrected chi connectivity index (χ0v) is 12.4. The number of hydrogen-bond donors (Lipinski definition) is 3. The Morgan fingerprint density at radius 2 is 2.05 bits per heavy atom. The van der Waals surface area contributed by atoms with Crippen molar-refractivity contribution in [1.82, 2.24) is 14.9 Å². The van der Waals surface area contributed by atoms with E-state index in [2.05, 4.69) is 15.3 Å². The van der Waals surface area contributed by atoms with Gasteiger partial charge in [0.1, 0.15) is 17.5 Å². The lowest BCUT2D eigenvalue weighted by molar-refractivity contribution is 0.0459. The number of likely N-dealkylation sites (N-methyl/N-ethyl adjacent to an activating group) is 1. The van der Waals surface area contributed by atoms with Crippen LogP contribution in [-0.4, -0.2) is 52.8 Å². The van der Waals surface area contributed by atoms with Gasteiger partial charge in [0, 0.05) is 25.1 Å². The molecule has 1 atom stereocenters. The molecule has 4 N–H and O–H groups in total. The first-order valence-corrected chi connectivity index (χ1v) is 6.45. The molecule has 0 aromatic carbocycles. The SMILES string of the molecule is CC(C)c1nc(N)cc(NCC(C)(O)CN(C)C)n1. The third kappa shape index (κ3) is 5.40. The molecule has 6 heteroatoms. The fraction of sp³-hybridized carbons (Fsp3) is 0.692. The second kappa shape index (κ2) is 6.16. The predicted octanol–water partition coefficient (Wildman–Crippen LogP) is 0.907. The Kier molecular flexibility index (Phi) is 5.08. The molecule has 1 aromatic heterocycles. The molecule has 108 valence electrons. The van der Waals surface area contributed by atoms with Crippen molar-refractivity contribution < 1.29 is 5.11 Å². The van der Waals surface area contributed by atoms with Crippen molar-refractivity contribution in [3.8, 4) is 0 Å². The minimum absolute atomic E-state index is 0.214. The molecule has 19 heavy (non-hydrogen) atoms. The summed E-state index contributed by atoms with van der Waals surface area (Å²) < 4.78 is 0. The third-order valence-corrected chi connectivity index (χ3v) is 2.59. The van der Waals surface area contributed by atoms with Crippen LogP contribution in [0, 0.1) is 0 Å². The zero-order valence-electron chi connectivity index (χ0n) is 12.4. The molecule has 0 radical (unpaired) electrons. The van der Waals surface area contributed by atoms with Crippen molar-refractivity contribution in [2.24, 2.45) is 0 Å². The van der Waals surface area contributed by atoms with E-state index in [1.807, 2.05) is 32.8 Å². The van der Waals surface area contributed by atoms with Crippen molar-refractivity contribution in [3.05, 3.63) is 11.9 Å². The van der Waals surface area contributed by atoms with E-state index in [1.165, 1.54) is 0 Å². The minimum atomic E-state index is -0.832. The van der Waals surface area contributed by atoms with Gasteiger partial charge >= 0.3 is 0 Å². The van der Waals surface area contributed by atoms with Gasteiger partial charge in [0.05, 0.1) is 5.60 Å². The molecule has 0 aliphatic rings. The lowest BCUT2D eigenvalue weighted by Crippen LogP contribution is -2.43. The van der Waals surface area contributed by atoms with E-state index in [0.29, 0.717) is 30.5 Å². The van der Waals surface area contributed by atoms with Gasteiger partial charge in [-0.3, -0.25) is 0 Å². The highest BCUT2D eigenvalue weighted by Gasteiger charge is 2.21. The molecule has 1 unspecified atom stereocenters. The summed E-state index contributed by atoms with van der Waals surface area (Å²) in [5.41, 5.74) is 4.92. The van der Waals surface area contributed by atoms with Crippen molar-refractivity contribution in [2.45, 2.75) is 32.3 Å². The largest absolute Gasteiger partial charge is 0.387 e. The first-order chi connectivity index (χ1) is 8.69. The molecule has 1 rings (SSSR count). The van der Waals surface area contributed by atoms with Crippen LogP contribution in [0.15, 0.2) is 6.07 Å². The number of aliphatic hydroxyl groups is 1. The van der Waals surface area contributed by atoms with E-state index in [4.69, 9.17) is 5.73 Å². The number of hydrogen-bond acceptors (Lipinski definition) is 6. The van der Waals surface area contributed by atoms with Crippen molar-refractivity contribution in [3.63, 3.8) is 0 Å². The summed E-state index contributed by atoms with van der Waals surface area (Å²) >= 11 is 0. The first-order valence-electron chi connectivity index (χ1n) is 6.45. The monoisotopic (exact) mass is 267 g/mol. The van der Waals surface area contributed by atoms with Crippen LogP contribution >= 0.6 is 0 Å². The molecule has 0 spiro atoms. The first kappa shape index (κ1) is 15.7. The lowest BCUT2D eigenvalue weighted by Gasteiger charge is -2.27. The number of nitrogens with zero attached hydrogens (tertiary/aromatic N) is 3. The summed E-state index contributed by atoms with van der Waals surface area (Å²) in [6.07, 6.45) is 0. The van der Waals surface area contributed by atoms with Gasteiger partial charge in [-0.1, -0.05) is 13.8 Å². The summed E-state index contributed by atoms with van der Waals surface area (Å²) in [6, 6.07) is 1.68. The van der Waals surface area contributed by atoms with Gasteiger partial charge < -0.3 is 21.1 Å². The maximum atomic E-state index is 10.2. The highest BCUT2D eigenvalue weighted by atomic mass is 16.3. The zero-order chi connectivity index (χ0) is 14.6. The van der Waals surface area contributed by atoms with Crippen LogP contribution in [0.4, 0.5) is 11.6 Å². The van der Waals surface area contributed by atoms with Crippen LogP contribution in [0.2, 0.25) is 0 Å². The summed E-state index contributed by atoms with van der Waals surface area (Å²) in [7, 11) is 3.85. The Morgan fingerprint density at radius 3 is 2.58 bits per heavy atom. The summed E-state index contributed by atoms with van der Waals surface area (Å²) in [6.45, 7) is 6.78. The quantitative estimate of drug-likeness (QED) is 0.710. The predicted molar refractivity (Wildman–Crippen MR) is 78.2 cm³/mol. The number of anilines is 2. The Balaban J connectivity index is 2.72. The van der Waals surface area contributed by atoms with Gasteiger partial charge in [0.2, 0.25) is 0 Å². The lowest BCUT2D eigenvalue weighted by atomic mass is 10.1. The van der Waals surface area contributed by atoms with Crippen molar-refractivity contribution >= 4 is 11.6 Å². The molecule has 0 saturated heterocycles. The fourth-order valence-corrected chi connectivity index (χ4v) is 1.85. The number of aromatic nitrogens is 2. The molecule has 0 bridgehead atoms. The Hall–Kier alpha value is -1.40. The molecule has 1 aromatic rings. The third-order valence-electron chi connectivity index (χ3n) is 2.59. The molecule has 0 aliphatic heterocycles. The maximum Gasteiger partial charge on any atom is 0.135 e. The second-order valence-corrected chi connectivity index (χ2v) is 5.78. The van der Waals surface area contributed by atoms with Crippen LogP contribution < -0.4 is 11.1 Å². The van der Waals surface area contributed by atoms with Gasteiger partial charge in [-0.2, -0.15) is 0 Å². The second-order valence-electron chi connectivity index (χ2n) is 5.78. The number of rotatable bonds is 6. The molecular weight excluding hydrogens is 242 g/mol. The number of nitrogens with one attached hydrogen (secondary N) is 1. The Bertz CT molecular complexity index is 417. The van der Waals surface area contributed by atoms with Crippen LogP contribution in [0.3, 0.4) is 0 Å². The summed E-state index contributed by atoms with van der Waals surface area (Å²) in [5.74, 6) is 2.00. The normalized spacial score (nSPS) is 14.7. The van der Waals surface area contributed by atoms with E-state index in [9.17, 15) is 5.11 Å². The Labute approximate surface area is 115 Å². The average molecular weight is 267 g/mol. The van der Waals surface area contributed by atoms with E-state index < -0.39 is 5.60 Å². The van der Waals surface area contributed by atoms with Gasteiger partial charge in [-0.05, 0) is 21.0 Å². The summed E-state index contributed by atoms with van der Waals surface area (Å²) in [4.78, 5) is 10.5. The van der Waals surface area contributed by atoms with Crippen molar-refractivity contribution in [1.29, 1.82) is 0 Å². The van der Waals surface area contributed by atoms with Gasteiger partial charge in [-0.25, -0.2) is 9.97 Å². The molecule has 0 amide bonds. The molecule has 6 nitrogen and oxygen atoms in total. The van der Waals surface area contributed by atoms with Crippen LogP contribution in [0.25, 0.3) is 0 Å². The van der Waals surface area contributed by atoms with E-state index in [1.54, 1.807) is 13.0 Å². The average Bonchev–Trinajstić information content (AvgIpc) is 2.24. The minimum Gasteiger partial charge on any atom is -0.387 e. The van der Waals surface area contributed by atoms with E-state index in [-0.39, 0.29) is 5.92 Å². The molecular formula is C13H25N5O. The van der Waals surface area contributed by atoms with Crippen LogP contribution in [0.5, 0.6) is 0 Å². The van der Waals surface area contributed by atoms with Crippen LogP contribution in [0.1, 0.15) is 32.5 Å². The molecule has 0 fully saturated rings. The van der Waals surface area contributed by atoms with Crippen molar-refractivity contribution in [2.75, 3.05) is 38.2 Å². The topological polar surface area (TPSA) is 87.3 Å². The van der Waals surface area contributed by atoms with Gasteiger partial charge in [-0.15, -0.1) is 0 Å². The molecule has 0 aliphatic carbocycles. The molecule has 1 heterocycles. The fourth-order valence-electron chi connectivity index (χ4n) is 1.85. The highest BCUT2D eigenvalue weighted by Crippen LogP contribution is 2.16. The standard InChI is InChI=1S/C13H25N5O/c1-9(2)12-16-10(14)6-11(17-12)15-7-13(3,19)8-18(4)5/h6,9,19H,7-8H2,1-5H3,(H3,14,15,16,17). The molecule has 0 saturated carbocycles. The summed E-state index contributed by atoms with van der Waals surface area (Å²) in [5, 5.41) is 13.3. The smallest absolute Gasteiger partial charge is 0.135 e. The highest BCUT2D eigenvalue weighted by molar-refractivity contribution is 5.45. The number of nitrogens with two attached hydrogens (primary N) is 1. The van der Waals surface area contributed by atoms with Crippen LogP contribution in [-0.2, 0) is 0 Å². The maximum absolute atomic E-state index is 10.2. The van der Waals surface area contributed by atoms with E-state index in [0.717, 1.165) is 0 Å². The van der Waals surface area contributed by atoms with E-state index >= 15 is 0 Å².